The van der Waals surface area contributed by atoms with E-state index < -0.39 is 12.0 Å². The zero-order chi connectivity index (χ0) is 25.0. The molecule has 1 aliphatic carbocycles. The van der Waals surface area contributed by atoms with Gasteiger partial charge in [0.05, 0.1) is 12.2 Å². The van der Waals surface area contributed by atoms with Crippen LogP contribution in [0.5, 0.6) is 0 Å². The summed E-state index contributed by atoms with van der Waals surface area (Å²) >= 11 is 0. The third-order valence-corrected chi connectivity index (χ3v) is 7.55. The van der Waals surface area contributed by atoms with Gasteiger partial charge in [-0.25, -0.2) is 0 Å². The number of pyridine rings is 1. The summed E-state index contributed by atoms with van der Waals surface area (Å²) in [6.07, 6.45) is 8.05. The van der Waals surface area contributed by atoms with Gasteiger partial charge < -0.3 is 4.90 Å². The number of aryl methyl sites for hydroxylation is 1. The van der Waals surface area contributed by atoms with E-state index in [1.54, 1.807) is 6.92 Å². The van der Waals surface area contributed by atoms with E-state index in [2.05, 4.69) is 37.3 Å². The lowest BCUT2D eigenvalue weighted by Crippen LogP contribution is -2.33. The van der Waals surface area contributed by atoms with E-state index in [0.717, 1.165) is 45.3 Å². The zero-order valence-electron chi connectivity index (χ0n) is 20.3. The van der Waals surface area contributed by atoms with Crippen molar-refractivity contribution in [3.63, 3.8) is 0 Å². The molecule has 0 atom stereocenters. The third-order valence-electron chi connectivity index (χ3n) is 7.55. The molecule has 1 saturated carbocycles. The van der Waals surface area contributed by atoms with Crippen molar-refractivity contribution in [2.24, 2.45) is 0 Å². The van der Waals surface area contributed by atoms with Crippen molar-refractivity contribution >= 4 is 11.5 Å². The van der Waals surface area contributed by atoms with Gasteiger partial charge in [0, 0.05) is 59.9 Å². The van der Waals surface area contributed by atoms with E-state index >= 15 is 0 Å². The van der Waals surface area contributed by atoms with Crippen molar-refractivity contribution in [2.45, 2.75) is 71.1 Å². The molecule has 8 nitrogen and oxygen atoms in total. The minimum atomic E-state index is -4.64. The van der Waals surface area contributed by atoms with Gasteiger partial charge in [0.2, 0.25) is 0 Å². The number of alkyl halides is 3. The number of hydrogen-bond donors (Lipinski definition) is 0. The highest BCUT2D eigenvalue weighted by Gasteiger charge is 2.38. The minimum absolute atomic E-state index is 0.125. The van der Waals surface area contributed by atoms with Gasteiger partial charge in [-0.1, -0.05) is 19.3 Å². The zero-order valence-corrected chi connectivity index (χ0v) is 20.3. The summed E-state index contributed by atoms with van der Waals surface area (Å²) < 4.78 is 43.4. The first-order valence-electron chi connectivity index (χ1n) is 12.4. The lowest BCUT2D eigenvalue weighted by atomic mass is 9.96. The molecule has 0 radical (unpaired) electrons. The summed E-state index contributed by atoms with van der Waals surface area (Å²) in [7, 11) is 0. The van der Waals surface area contributed by atoms with Gasteiger partial charge >= 0.3 is 6.18 Å². The molecule has 2 aliphatic rings. The highest BCUT2D eigenvalue weighted by atomic mass is 19.4. The fraction of sp³-hybridized carbons (Fsp3) is 0.480. The summed E-state index contributed by atoms with van der Waals surface area (Å²) in [5, 5.41) is 16.1. The first-order chi connectivity index (χ1) is 17.3. The van der Waals surface area contributed by atoms with Crippen LogP contribution in [0.15, 0.2) is 24.7 Å². The number of nitrogens with zero attached hydrogens (tertiary/aromatic N) is 8. The summed E-state index contributed by atoms with van der Waals surface area (Å²) in [6.45, 7) is 4.74. The van der Waals surface area contributed by atoms with Crippen LogP contribution in [0.25, 0.3) is 16.8 Å². The van der Waals surface area contributed by atoms with Crippen LogP contribution < -0.4 is 4.90 Å². The Balaban J connectivity index is 1.32. The molecule has 36 heavy (non-hydrogen) atoms. The lowest BCUT2D eigenvalue weighted by molar-refractivity contribution is -0.146. The molecule has 0 saturated heterocycles. The molecular weight excluding hydrogens is 469 g/mol. The molecule has 0 unspecified atom stereocenters. The number of hydrogen-bond acceptors (Lipinski definition) is 6. The van der Waals surface area contributed by atoms with Crippen molar-refractivity contribution in [1.82, 2.24) is 34.6 Å². The van der Waals surface area contributed by atoms with E-state index in [4.69, 9.17) is 4.98 Å². The average Bonchev–Trinajstić information content (AvgIpc) is 3.54. The maximum atomic E-state index is 13.5. The largest absolute Gasteiger partial charge is 0.453 e. The molecule has 6 rings (SSSR count). The maximum Gasteiger partial charge on any atom is 0.453 e. The van der Waals surface area contributed by atoms with Crippen LogP contribution in [0.4, 0.5) is 19.0 Å². The minimum Gasteiger partial charge on any atom is -0.350 e. The molecule has 1 aliphatic heterocycles. The Bertz CT molecular complexity index is 1430. The standard InChI is InChI=1S/C25H27F3N8/c1-15-16(2)23(33-36-22(15)31-32-24(36)25(26,27)28)34-9-8-21-18(13-34)10-17(11-29-21)19-12-30-35(14-19)20-6-4-3-5-7-20/h10-12,14,20H,3-9,13H2,1-2H3. The number of fused-ring (bicyclic) bond motifs is 2. The Hall–Kier alpha value is -3.50. The quantitative estimate of drug-likeness (QED) is 0.393. The molecule has 11 heteroatoms. The van der Waals surface area contributed by atoms with E-state index in [-0.39, 0.29) is 5.65 Å². The fourth-order valence-electron chi connectivity index (χ4n) is 5.39. The molecule has 0 aromatic carbocycles. The molecule has 4 aromatic rings. The third kappa shape index (κ3) is 3.90. The molecule has 0 bridgehead atoms. The predicted molar refractivity (Wildman–Crippen MR) is 128 cm³/mol. The van der Waals surface area contributed by atoms with Crippen molar-refractivity contribution < 1.29 is 13.2 Å². The Morgan fingerprint density at radius 1 is 0.972 bits per heavy atom. The molecule has 1 fully saturated rings. The van der Waals surface area contributed by atoms with Crippen LogP contribution >= 0.6 is 0 Å². The van der Waals surface area contributed by atoms with Gasteiger partial charge in [-0.3, -0.25) is 9.67 Å². The Kier molecular flexibility index (Phi) is 5.45. The molecule has 4 aromatic heterocycles. The van der Waals surface area contributed by atoms with E-state index in [9.17, 15) is 13.2 Å². The Morgan fingerprint density at radius 2 is 1.78 bits per heavy atom. The fourth-order valence-corrected chi connectivity index (χ4v) is 5.39. The van der Waals surface area contributed by atoms with Crippen molar-refractivity contribution in [3.8, 4) is 11.1 Å². The first-order valence-corrected chi connectivity index (χ1v) is 12.4. The van der Waals surface area contributed by atoms with Crippen molar-refractivity contribution in [3.05, 3.63) is 52.9 Å². The molecule has 5 heterocycles. The van der Waals surface area contributed by atoms with Crippen LogP contribution in [0, 0.1) is 13.8 Å². The SMILES string of the molecule is Cc1c(N2CCc3ncc(-c4cnn(C5CCCCC5)c4)cc3C2)nn2c(C(F)(F)F)nnc2c1C. The maximum absolute atomic E-state index is 13.5. The highest BCUT2D eigenvalue weighted by molar-refractivity contribution is 5.64. The van der Waals surface area contributed by atoms with Gasteiger partial charge in [0.25, 0.3) is 5.82 Å². The molecule has 188 valence electrons. The molecule has 0 amide bonds. The second-order valence-electron chi connectivity index (χ2n) is 9.83. The summed E-state index contributed by atoms with van der Waals surface area (Å²) in [6, 6.07) is 2.58. The van der Waals surface area contributed by atoms with E-state index in [1.807, 2.05) is 24.2 Å². The topological polar surface area (TPSA) is 77.0 Å². The number of anilines is 1. The van der Waals surface area contributed by atoms with Crippen LogP contribution in [0.3, 0.4) is 0 Å². The van der Waals surface area contributed by atoms with Crippen LogP contribution in [-0.4, -0.2) is 41.1 Å². The second-order valence-corrected chi connectivity index (χ2v) is 9.83. The normalized spacial score (nSPS) is 17.1. The highest BCUT2D eigenvalue weighted by Crippen LogP contribution is 2.33. The Morgan fingerprint density at radius 3 is 2.56 bits per heavy atom. The molecule has 0 spiro atoms. The summed E-state index contributed by atoms with van der Waals surface area (Å²) in [5.74, 6) is -0.607. The van der Waals surface area contributed by atoms with Gasteiger partial charge in [-0.05, 0) is 38.3 Å². The number of aromatic nitrogens is 7. The number of halogens is 3. The van der Waals surface area contributed by atoms with Crippen molar-refractivity contribution in [1.29, 1.82) is 0 Å². The van der Waals surface area contributed by atoms with Crippen LogP contribution in [-0.2, 0) is 19.1 Å². The van der Waals surface area contributed by atoms with Gasteiger partial charge in [0.1, 0.15) is 0 Å². The average molecular weight is 497 g/mol. The van der Waals surface area contributed by atoms with Gasteiger partial charge in [0.15, 0.2) is 11.5 Å². The number of rotatable bonds is 3. The van der Waals surface area contributed by atoms with Crippen LogP contribution in [0.2, 0.25) is 0 Å². The van der Waals surface area contributed by atoms with E-state index in [1.165, 1.54) is 19.3 Å². The van der Waals surface area contributed by atoms with Crippen LogP contribution in [0.1, 0.15) is 66.4 Å². The first kappa shape index (κ1) is 22.9. The molecular formula is C25H27F3N8. The smallest absolute Gasteiger partial charge is 0.350 e. The molecule has 0 N–H and O–H groups in total. The van der Waals surface area contributed by atoms with E-state index in [0.29, 0.717) is 36.9 Å². The summed E-state index contributed by atoms with van der Waals surface area (Å²) in [5.41, 5.74) is 5.62. The monoisotopic (exact) mass is 496 g/mol. The lowest BCUT2D eigenvalue weighted by Gasteiger charge is -2.31. The Labute approximate surface area is 206 Å². The van der Waals surface area contributed by atoms with Crippen molar-refractivity contribution in [2.75, 3.05) is 11.4 Å². The second kappa shape index (κ2) is 8.56. The van der Waals surface area contributed by atoms with Gasteiger partial charge in [-0.15, -0.1) is 15.3 Å². The van der Waals surface area contributed by atoms with Gasteiger partial charge in [-0.2, -0.15) is 22.8 Å². The predicted octanol–water partition coefficient (Wildman–Crippen LogP) is 5.09. The summed E-state index contributed by atoms with van der Waals surface area (Å²) in [4.78, 5) is 6.73.